The second-order valence-electron chi connectivity index (χ2n) is 3.43. The van der Waals surface area contributed by atoms with Crippen LogP contribution >= 0.6 is 0 Å². The quantitative estimate of drug-likeness (QED) is 0.300. The molecule has 0 saturated carbocycles. The van der Waals surface area contributed by atoms with E-state index in [-0.39, 0.29) is 13.0 Å². The number of ether oxygens (including phenoxy) is 1. The molecule has 16 heavy (non-hydrogen) atoms. The molecular formula is C9H15NO6. The Kier molecular flexibility index (Phi) is 6.06. The second kappa shape index (κ2) is 6.76. The fourth-order valence-corrected chi connectivity index (χ4v) is 1.03. The minimum absolute atomic E-state index is 0.120. The van der Waals surface area contributed by atoms with E-state index in [1.807, 2.05) is 0 Å². The maximum absolute atomic E-state index is 11.3. The Balaban J connectivity index is 4.43. The van der Waals surface area contributed by atoms with E-state index in [1.54, 1.807) is 6.92 Å². The van der Waals surface area contributed by atoms with Gasteiger partial charge in [0.05, 0.1) is 6.61 Å². The van der Waals surface area contributed by atoms with Gasteiger partial charge in [0.2, 0.25) is 6.04 Å². The van der Waals surface area contributed by atoms with Gasteiger partial charge in [-0.1, -0.05) is 6.92 Å². The van der Waals surface area contributed by atoms with Gasteiger partial charge >= 0.3 is 11.9 Å². The van der Waals surface area contributed by atoms with Gasteiger partial charge in [-0.05, 0) is 6.42 Å². The van der Waals surface area contributed by atoms with Crippen LogP contribution in [0, 0.1) is 16.0 Å². The summed E-state index contributed by atoms with van der Waals surface area (Å²) in [4.78, 5) is 31.7. The summed E-state index contributed by atoms with van der Waals surface area (Å²) >= 11 is 0. The molecule has 0 aliphatic heterocycles. The monoisotopic (exact) mass is 233 g/mol. The van der Waals surface area contributed by atoms with Gasteiger partial charge in [-0.2, -0.15) is 0 Å². The molecule has 0 fully saturated rings. The number of carbonyl (C=O) groups excluding carboxylic acids is 1. The van der Waals surface area contributed by atoms with Crippen molar-refractivity contribution in [2.75, 3.05) is 6.61 Å². The topological polar surface area (TPSA) is 107 Å². The normalized spacial score (nSPS) is 13.9. The zero-order valence-electron chi connectivity index (χ0n) is 9.21. The van der Waals surface area contributed by atoms with E-state index >= 15 is 0 Å². The van der Waals surface area contributed by atoms with Crippen molar-refractivity contribution in [3.63, 3.8) is 0 Å². The van der Waals surface area contributed by atoms with Crippen LogP contribution in [0.2, 0.25) is 0 Å². The summed E-state index contributed by atoms with van der Waals surface area (Å²) in [5, 5.41) is 19.1. The smallest absolute Gasteiger partial charge is 0.320 e. The first-order chi connectivity index (χ1) is 7.40. The lowest BCUT2D eigenvalue weighted by Gasteiger charge is -2.12. The molecule has 0 aromatic rings. The van der Waals surface area contributed by atoms with Gasteiger partial charge in [0.25, 0.3) is 0 Å². The molecule has 0 amide bonds. The van der Waals surface area contributed by atoms with Crippen molar-refractivity contribution in [1.29, 1.82) is 0 Å². The number of rotatable bonds is 7. The first-order valence-corrected chi connectivity index (χ1v) is 4.93. The van der Waals surface area contributed by atoms with E-state index in [2.05, 4.69) is 4.74 Å². The fourth-order valence-electron chi connectivity index (χ4n) is 1.03. The summed E-state index contributed by atoms with van der Waals surface area (Å²) in [6, 6.07) is -1.09. The molecule has 0 aromatic carbocycles. The zero-order chi connectivity index (χ0) is 12.7. The molecule has 0 rings (SSSR count). The largest absolute Gasteiger partial charge is 0.481 e. The van der Waals surface area contributed by atoms with Crippen molar-refractivity contribution in [2.45, 2.75) is 32.7 Å². The summed E-state index contributed by atoms with van der Waals surface area (Å²) < 4.78 is 4.65. The third kappa shape index (κ3) is 4.72. The Morgan fingerprint density at radius 2 is 2.06 bits per heavy atom. The number of carbonyl (C=O) groups is 2. The predicted molar refractivity (Wildman–Crippen MR) is 53.4 cm³/mol. The highest BCUT2D eigenvalue weighted by Gasteiger charge is 2.33. The molecular weight excluding hydrogens is 218 g/mol. The Labute approximate surface area is 92.5 Å². The maximum Gasteiger partial charge on any atom is 0.320 e. The molecule has 0 aliphatic rings. The van der Waals surface area contributed by atoms with Gasteiger partial charge in [-0.3, -0.25) is 19.7 Å². The lowest BCUT2D eigenvalue weighted by Crippen LogP contribution is -2.31. The number of esters is 1. The maximum atomic E-state index is 11.3. The summed E-state index contributed by atoms with van der Waals surface area (Å²) in [7, 11) is 0. The first kappa shape index (κ1) is 14.3. The third-order valence-electron chi connectivity index (χ3n) is 1.97. The van der Waals surface area contributed by atoms with Gasteiger partial charge in [-0.15, -0.1) is 0 Å². The summed E-state index contributed by atoms with van der Waals surface area (Å²) in [5.41, 5.74) is 0. The molecule has 92 valence electrons. The van der Waals surface area contributed by atoms with Gasteiger partial charge in [0.1, 0.15) is 0 Å². The third-order valence-corrected chi connectivity index (χ3v) is 1.97. The molecule has 0 radical (unpaired) electrons. The number of hydrogen-bond donors (Lipinski definition) is 1. The standard InChI is InChI=1S/C9H15NO6/c1-3-4-16-9(13)7(8(11)12)5-6(2)10(14)15/h6-7H,3-5H2,1-2H3,(H,11,12). The van der Waals surface area contributed by atoms with Crippen LogP contribution in [0.4, 0.5) is 0 Å². The molecule has 0 heterocycles. The van der Waals surface area contributed by atoms with Crippen molar-refractivity contribution in [3.05, 3.63) is 10.1 Å². The van der Waals surface area contributed by atoms with Crippen molar-refractivity contribution < 1.29 is 24.4 Å². The van der Waals surface area contributed by atoms with Crippen LogP contribution in [0.1, 0.15) is 26.7 Å². The second-order valence-corrected chi connectivity index (χ2v) is 3.43. The highest BCUT2D eigenvalue weighted by molar-refractivity contribution is 5.93. The molecule has 1 N–H and O–H groups in total. The zero-order valence-corrected chi connectivity index (χ0v) is 9.21. The van der Waals surface area contributed by atoms with E-state index in [0.29, 0.717) is 6.42 Å². The van der Waals surface area contributed by atoms with Crippen molar-refractivity contribution in [2.24, 2.45) is 5.92 Å². The minimum Gasteiger partial charge on any atom is -0.481 e. The van der Waals surface area contributed by atoms with Crippen LogP contribution in [0.25, 0.3) is 0 Å². The predicted octanol–water partition coefficient (Wildman–Crippen LogP) is 0.696. The summed E-state index contributed by atoms with van der Waals surface area (Å²) in [6.07, 6.45) is 0.216. The molecule has 7 nitrogen and oxygen atoms in total. The van der Waals surface area contributed by atoms with Crippen LogP contribution in [0.3, 0.4) is 0 Å². The highest BCUT2D eigenvalue weighted by Crippen LogP contribution is 2.11. The number of hydrogen-bond acceptors (Lipinski definition) is 5. The van der Waals surface area contributed by atoms with Crippen LogP contribution in [-0.2, 0) is 14.3 Å². The Bertz CT molecular complexity index is 277. The lowest BCUT2D eigenvalue weighted by molar-refractivity contribution is -0.519. The van der Waals surface area contributed by atoms with Gasteiger partial charge in [0.15, 0.2) is 5.92 Å². The minimum atomic E-state index is -1.47. The average Bonchev–Trinajstić information content (AvgIpc) is 2.21. The van der Waals surface area contributed by atoms with E-state index in [9.17, 15) is 19.7 Å². The Hall–Kier alpha value is -1.66. The Morgan fingerprint density at radius 3 is 2.44 bits per heavy atom. The summed E-state index contributed by atoms with van der Waals surface area (Å²) in [5.74, 6) is -3.77. The lowest BCUT2D eigenvalue weighted by atomic mass is 10.0. The molecule has 2 unspecified atom stereocenters. The number of nitrogens with zero attached hydrogens (tertiary/aromatic N) is 1. The van der Waals surface area contributed by atoms with Crippen LogP contribution in [0.15, 0.2) is 0 Å². The van der Waals surface area contributed by atoms with Crippen molar-refractivity contribution >= 4 is 11.9 Å². The van der Waals surface area contributed by atoms with Crippen LogP contribution < -0.4 is 0 Å². The number of carboxylic acid groups (broad SMARTS) is 1. The van der Waals surface area contributed by atoms with E-state index in [1.165, 1.54) is 6.92 Å². The molecule has 0 aromatic heterocycles. The van der Waals surface area contributed by atoms with Crippen molar-refractivity contribution in [1.82, 2.24) is 0 Å². The molecule has 0 bridgehead atoms. The van der Waals surface area contributed by atoms with Gasteiger partial charge in [-0.25, -0.2) is 0 Å². The highest BCUT2D eigenvalue weighted by atomic mass is 16.6. The van der Waals surface area contributed by atoms with E-state index in [0.717, 1.165) is 0 Å². The average molecular weight is 233 g/mol. The molecule has 2 atom stereocenters. The molecule has 0 saturated heterocycles. The van der Waals surface area contributed by atoms with Gasteiger partial charge < -0.3 is 9.84 Å². The van der Waals surface area contributed by atoms with Crippen LogP contribution in [0.5, 0.6) is 0 Å². The van der Waals surface area contributed by atoms with Gasteiger partial charge in [0, 0.05) is 18.3 Å². The molecule has 7 heteroatoms. The summed E-state index contributed by atoms with van der Waals surface area (Å²) in [6.45, 7) is 3.14. The van der Waals surface area contributed by atoms with E-state index in [4.69, 9.17) is 5.11 Å². The molecule has 0 spiro atoms. The SMILES string of the molecule is CCCOC(=O)C(CC(C)[N+](=O)[O-])C(=O)O. The number of nitro groups is 1. The van der Waals surface area contributed by atoms with E-state index < -0.39 is 28.8 Å². The van der Waals surface area contributed by atoms with Crippen LogP contribution in [-0.4, -0.2) is 34.6 Å². The number of aliphatic carboxylic acids is 1. The van der Waals surface area contributed by atoms with Crippen molar-refractivity contribution in [3.8, 4) is 0 Å². The Morgan fingerprint density at radius 1 is 1.50 bits per heavy atom. The number of carboxylic acids is 1. The fraction of sp³-hybridized carbons (Fsp3) is 0.778. The first-order valence-electron chi connectivity index (χ1n) is 4.93. The molecule has 0 aliphatic carbocycles.